The molecule has 1 rings (SSSR count). The van der Waals surface area contributed by atoms with E-state index in [2.05, 4.69) is 15.0 Å². The van der Waals surface area contributed by atoms with E-state index >= 15 is 0 Å². The van der Waals surface area contributed by atoms with Gasteiger partial charge in [-0.05, 0) is 46.1 Å². The number of nitrogens with one attached hydrogen (secondary N) is 1. The van der Waals surface area contributed by atoms with Crippen LogP contribution in [-0.2, 0) is 6.54 Å². The highest BCUT2D eigenvalue weighted by atomic mass is 19.3. The van der Waals surface area contributed by atoms with E-state index in [1.54, 1.807) is 18.2 Å². The van der Waals surface area contributed by atoms with Gasteiger partial charge in [-0.1, -0.05) is 18.2 Å². The Bertz CT molecular complexity index is 359. The summed E-state index contributed by atoms with van der Waals surface area (Å²) in [5, 5.41) is 3.25. The van der Waals surface area contributed by atoms with Crippen LogP contribution >= 0.6 is 0 Å². The van der Waals surface area contributed by atoms with E-state index in [-0.39, 0.29) is 5.75 Å². The van der Waals surface area contributed by atoms with Gasteiger partial charge in [-0.25, -0.2) is 0 Å². The van der Waals surface area contributed by atoms with Crippen LogP contribution < -0.4 is 10.1 Å². The highest BCUT2D eigenvalue weighted by Crippen LogP contribution is 2.19. The van der Waals surface area contributed by atoms with Crippen molar-refractivity contribution in [2.45, 2.75) is 26.0 Å². The number of ether oxygens (including phenoxy) is 1. The number of hydrogen-bond acceptors (Lipinski definition) is 3. The van der Waals surface area contributed by atoms with Crippen molar-refractivity contribution in [3.8, 4) is 5.75 Å². The molecular formula is C14H22F2N2O. The lowest BCUT2D eigenvalue weighted by molar-refractivity contribution is -0.0504. The van der Waals surface area contributed by atoms with Gasteiger partial charge >= 0.3 is 6.61 Å². The van der Waals surface area contributed by atoms with Crippen molar-refractivity contribution < 1.29 is 13.5 Å². The molecule has 0 heterocycles. The van der Waals surface area contributed by atoms with E-state index in [0.717, 1.165) is 31.5 Å². The zero-order chi connectivity index (χ0) is 14.1. The van der Waals surface area contributed by atoms with Crippen LogP contribution in [0, 0.1) is 0 Å². The molecule has 0 fully saturated rings. The second kappa shape index (κ2) is 8.82. The Morgan fingerprint density at radius 1 is 1.21 bits per heavy atom. The Morgan fingerprint density at radius 3 is 2.63 bits per heavy atom. The fraction of sp³-hybridized carbons (Fsp3) is 0.571. The number of unbranched alkanes of at least 4 members (excludes halogenated alkanes) is 1. The first-order valence-electron chi connectivity index (χ1n) is 6.47. The number of para-hydroxylation sites is 1. The predicted octanol–water partition coefficient (Wildman–Crippen LogP) is 2.72. The molecule has 0 saturated heterocycles. The third kappa shape index (κ3) is 7.08. The number of halogens is 2. The van der Waals surface area contributed by atoms with Gasteiger partial charge in [-0.2, -0.15) is 8.78 Å². The van der Waals surface area contributed by atoms with Crippen molar-refractivity contribution in [1.29, 1.82) is 0 Å². The van der Waals surface area contributed by atoms with E-state index in [1.807, 2.05) is 20.2 Å². The quantitative estimate of drug-likeness (QED) is 0.700. The molecule has 0 aliphatic rings. The molecule has 0 bridgehead atoms. The maximum absolute atomic E-state index is 12.2. The van der Waals surface area contributed by atoms with Crippen LogP contribution in [0.2, 0.25) is 0 Å². The Kier molecular flexibility index (Phi) is 7.36. The van der Waals surface area contributed by atoms with Crippen molar-refractivity contribution >= 4 is 0 Å². The lowest BCUT2D eigenvalue weighted by atomic mass is 10.2. The van der Waals surface area contributed by atoms with Crippen LogP contribution in [0.15, 0.2) is 24.3 Å². The van der Waals surface area contributed by atoms with Crippen molar-refractivity contribution in [3.63, 3.8) is 0 Å². The van der Waals surface area contributed by atoms with E-state index in [9.17, 15) is 8.78 Å². The van der Waals surface area contributed by atoms with E-state index in [0.29, 0.717) is 6.54 Å². The summed E-state index contributed by atoms with van der Waals surface area (Å²) < 4.78 is 28.9. The first kappa shape index (κ1) is 15.9. The fourth-order valence-electron chi connectivity index (χ4n) is 1.76. The molecule has 0 spiro atoms. The van der Waals surface area contributed by atoms with Gasteiger partial charge in [0, 0.05) is 12.1 Å². The van der Waals surface area contributed by atoms with Crippen molar-refractivity contribution in [1.82, 2.24) is 10.2 Å². The minimum Gasteiger partial charge on any atom is -0.434 e. The Labute approximate surface area is 113 Å². The summed E-state index contributed by atoms with van der Waals surface area (Å²) in [6.45, 7) is -0.296. The van der Waals surface area contributed by atoms with Crippen molar-refractivity contribution in [3.05, 3.63) is 29.8 Å². The standard InChI is InChI=1S/C14H22F2N2O/c1-18(2)10-6-5-9-17-11-12-7-3-4-8-13(12)19-14(15)16/h3-4,7-8,14,17H,5-6,9-11H2,1-2H3. The second-order valence-corrected chi connectivity index (χ2v) is 4.67. The van der Waals surface area contributed by atoms with Crippen LogP contribution in [-0.4, -0.2) is 38.7 Å². The fourth-order valence-corrected chi connectivity index (χ4v) is 1.76. The Balaban J connectivity index is 2.28. The first-order valence-corrected chi connectivity index (χ1v) is 6.47. The second-order valence-electron chi connectivity index (χ2n) is 4.67. The molecule has 1 aromatic carbocycles. The minimum absolute atomic E-state index is 0.248. The number of alkyl halides is 2. The molecule has 0 aromatic heterocycles. The highest BCUT2D eigenvalue weighted by molar-refractivity contribution is 5.33. The molecule has 0 amide bonds. The summed E-state index contributed by atoms with van der Waals surface area (Å²) in [4.78, 5) is 2.14. The SMILES string of the molecule is CN(C)CCCCNCc1ccccc1OC(F)F. The third-order valence-corrected chi connectivity index (χ3v) is 2.71. The number of benzene rings is 1. The maximum atomic E-state index is 12.2. The lowest BCUT2D eigenvalue weighted by Gasteiger charge is -2.12. The third-order valence-electron chi connectivity index (χ3n) is 2.71. The average Bonchev–Trinajstić information content (AvgIpc) is 2.34. The van der Waals surface area contributed by atoms with Crippen molar-refractivity contribution in [2.24, 2.45) is 0 Å². The molecule has 0 unspecified atom stereocenters. The molecule has 1 aromatic rings. The van der Waals surface area contributed by atoms with Crippen LogP contribution in [0.3, 0.4) is 0 Å². The molecule has 3 nitrogen and oxygen atoms in total. The van der Waals surface area contributed by atoms with Gasteiger partial charge in [0.1, 0.15) is 5.75 Å². The van der Waals surface area contributed by atoms with Gasteiger partial charge in [0.2, 0.25) is 0 Å². The zero-order valence-electron chi connectivity index (χ0n) is 11.5. The molecule has 0 radical (unpaired) electrons. The minimum atomic E-state index is -2.78. The van der Waals surface area contributed by atoms with Crippen LogP contribution in [0.5, 0.6) is 5.75 Å². The molecular weight excluding hydrogens is 250 g/mol. The smallest absolute Gasteiger partial charge is 0.387 e. The molecule has 108 valence electrons. The van der Waals surface area contributed by atoms with E-state index < -0.39 is 6.61 Å². The number of nitrogens with zero attached hydrogens (tertiary/aromatic N) is 1. The predicted molar refractivity (Wildman–Crippen MR) is 72.6 cm³/mol. The molecule has 5 heteroatoms. The molecule has 0 aliphatic heterocycles. The zero-order valence-corrected chi connectivity index (χ0v) is 11.5. The Morgan fingerprint density at radius 2 is 1.95 bits per heavy atom. The summed E-state index contributed by atoms with van der Waals surface area (Å²) in [6.07, 6.45) is 2.19. The number of hydrogen-bond donors (Lipinski definition) is 1. The lowest BCUT2D eigenvalue weighted by Crippen LogP contribution is -2.18. The molecule has 0 atom stereocenters. The van der Waals surface area contributed by atoms with Crippen LogP contribution in [0.1, 0.15) is 18.4 Å². The average molecular weight is 272 g/mol. The van der Waals surface area contributed by atoms with Crippen molar-refractivity contribution in [2.75, 3.05) is 27.2 Å². The maximum Gasteiger partial charge on any atom is 0.387 e. The summed E-state index contributed by atoms with van der Waals surface area (Å²) in [6, 6.07) is 6.87. The summed E-state index contributed by atoms with van der Waals surface area (Å²) in [5.74, 6) is 0.248. The normalized spacial score (nSPS) is 11.3. The highest BCUT2D eigenvalue weighted by Gasteiger charge is 2.08. The molecule has 0 aliphatic carbocycles. The van der Waals surface area contributed by atoms with Gasteiger partial charge in [0.05, 0.1) is 0 Å². The molecule has 1 N–H and O–H groups in total. The van der Waals surface area contributed by atoms with E-state index in [1.165, 1.54) is 0 Å². The molecule has 19 heavy (non-hydrogen) atoms. The van der Waals surface area contributed by atoms with Gasteiger partial charge in [-0.3, -0.25) is 0 Å². The summed E-state index contributed by atoms with van der Waals surface area (Å²) in [7, 11) is 4.09. The number of rotatable bonds is 9. The first-order chi connectivity index (χ1) is 9.09. The monoisotopic (exact) mass is 272 g/mol. The van der Waals surface area contributed by atoms with Gasteiger partial charge < -0.3 is 15.0 Å². The van der Waals surface area contributed by atoms with Gasteiger partial charge in [0.15, 0.2) is 0 Å². The molecule has 0 saturated carbocycles. The van der Waals surface area contributed by atoms with Gasteiger partial charge in [-0.15, -0.1) is 0 Å². The van der Waals surface area contributed by atoms with Gasteiger partial charge in [0.25, 0.3) is 0 Å². The summed E-state index contributed by atoms with van der Waals surface area (Å²) >= 11 is 0. The Hall–Kier alpha value is -1.20. The topological polar surface area (TPSA) is 24.5 Å². The van der Waals surface area contributed by atoms with Crippen LogP contribution in [0.4, 0.5) is 8.78 Å². The van der Waals surface area contributed by atoms with E-state index in [4.69, 9.17) is 0 Å². The van der Waals surface area contributed by atoms with Crippen LogP contribution in [0.25, 0.3) is 0 Å². The largest absolute Gasteiger partial charge is 0.434 e. The summed E-state index contributed by atoms with van der Waals surface area (Å²) in [5.41, 5.74) is 0.760.